The van der Waals surface area contributed by atoms with Crippen LogP contribution < -0.4 is 5.32 Å². The average molecular weight is 233 g/mol. The molecule has 17 heavy (non-hydrogen) atoms. The Hall–Kier alpha value is -1.90. The van der Waals surface area contributed by atoms with Gasteiger partial charge < -0.3 is 5.32 Å². The molecule has 1 fully saturated rings. The van der Waals surface area contributed by atoms with Crippen LogP contribution in [0.2, 0.25) is 0 Å². The molecule has 1 aromatic heterocycles. The number of nitrogens with one attached hydrogen (secondary N) is 1. The molecule has 1 N–H and O–H groups in total. The second kappa shape index (κ2) is 5.43. The van der Waals surface area contributed by atoms with Crippen molar-refractivity contribution in [1.29, 1.82) is 5.26 Å². The zero-order valence-electron chi connectivity index (χ0n) is 9.59. The van der Waals surface area contributed by atoms with Gasteiger partial charge in [0.05, 0.1) is 0 Å². The lowest BCUT2D eigenvalue weighted by Crippen LogP contribution is -2.38. The molecule has 0 radical (unpaired) electrons. The number of nitrogens with zero attached hydrogens (tertiary/aromatic N) is 4. The van der Waals surface area contributed by atoms with Crippen LogP contribution >= 0.6 is 0 Å². The molecule has 1 aliphatic carbocycles. The predicted molar refractivity (Wildman–Crippen MR) is 59.8 cm³/mol. The van der Waals surface area contributed by atoms with Gasteiger partial charge in [0.25, 0.3) is 5.82 Å². The van der Waals surface area contributed by atoms with Gasteiger partial charge in [0.15, 0.2) is 0 Å². The van der Waals surface area contributed by atoms with Crippen LogP contribution in [0.15, 0.2) is 6.33 Å². The third kappa shape index (κ3) is 3.28. The van der Waals surface area contributed by atoms with E-state index in [1.807, 2.05) is 6.07 Å². The summed E-state index contributed by atoms with van der Waals surface area (Å²) in [6, 6.07) is 2.13. The Kier molecular flexibility index (Phi) is 3.70. The van der Waals surface area contributed by atoms with Gasteiger partial charge in [-0.2, -0.15) is 5.26 Å². The number of rotatable bonds is 3. The molecule has 90 valence electrons. The first-order valence-electron chi connectivity index (χ1n) is 5.87. The van der Waals surface area contributed by atoms with Crippen LogP contribution in [0.3, 0.4) is 0 Å². The van der Waals surface area contributed by atoms with Gasteiger partial charge >= 0.3 is 0 Å². The fourth-order valence-corrected chi connectivity index (χ4v) is 2.09. The molecule has 0 atom stereocenters. The highest BCUT2D eigenvalue weighted by molar-refractivity contribution is 5.75. The van der Waals surface area contributed by atoms with E-state index < -0.39 is 0 Å². The maximum Gasteiger partial charge on any atom is 0.252 e. The summed E-state index contributed by atoms with van der Waals surface area (Å²) in [5, 5.41) is 15.4. The van der Waals surface area contributed by atoms with Crippen molar-refractivity contribution < 1.29 is 4.79 Å². The maximum atomic E-state index is 11.7. The van der Waals surface area contributed by atoms with Crippen molar-refractivity contribution in [1.82, 2.24) is 20.1 Å². The van der Waals surface area contributed by atoms with E-state index in [0.29, 0.717) is 6.04 Å². The fourth-order valence-electron chi connectivity index (χ4n) is 2.09. The Bertz CT molecular complexity index is 427. The van der Waals surface area contributed by atoms with E-state index in [1.165, 1.54) is 30.3 Å². The van der Waals surface area contributed by atoms with Crippen LogP contribution in [0.4, 0.5) is 0 Å². The third-order valence-electron chi connectivity index (χ3n) is 2.91. The summed E-state index contributed by atoms with van der Waals surface area (Å²) in [7, 11) is 0. The fraction of sp³-hybridized carbons (Fsp3) is 0.636. The first-order valence-corrected chi connectivity index (χ1v) is 5.87. The quantitative estimate of drug-likeness (QED) is 0.828. The minimum absolute atomic E-state index is 0.0636. The van der Waals surface area contributed by atoms with Gasteiger partial charge in [0, 0.05) is 6.04 Å². The molecule has 1 aliphatic rings. The summed E-state index contributed by atoms with van der Waals surface area (Å²) >= 11 is 0. The van der Waals surface area contributed by atoms with Crippen molar-refractivity contribution in [3.8, 4) is 6.07 Å². The lowest BCUT2D eigenvalue weighted by atomic mass is 9.95. The molecule has 0 unspecified atom stereocenters. The van der Waals surface area contributed by atoms with E-state index in [9.17, 15) is 4.79 Å². The van der Waals surface area contributed by atoms with Gasteiger partial charge in [0.1, 0.15) is 18.9 Å². The van der Waals surface area contributed by atoms with Crippen molar-refractivity contribution >= 4 is 5.91 Å². The molecule has 0 aliphatic heterocycles. The molecular weight excluding hydrogens is 218 g/mol. The van der Waals surface area contributed by atoms with E-state index in [0.717, 1.165) is 12.8 Å². The molecule has 2 rings (SSSR count). The van der Waals surface area contributed by atoms with Crippen LogP contribution in [-0.2, 0) is 11.3 Å². The summed E-state index contributed by atoms with van der Waals surface area (Å²) in [5.74, 6) is 0.0294. The van der Waals surface area contributed by atoms with Gasteiger partial charge in [-0.05, 0) is 12.8 Å². The highest BCUT2D eigenvalue weighted by Crippen LogP contribution is 2.17. The second-order valence-electron chi connectivity index (χ2n) is 4.28. The second-order valence-corrected chi connectivity index (χ2v) is 4.28. The van der Waals surface area contributed by atoms with Gasteiger partial charge in [-0.3, -0.25) is 4.79 Å². The first kappa shape index (κ1) is 11.6. The lowest BCUT2D eigenvalue weighted by molar-refractivity contribution is -0.122. The number of aromatic nitrogens is 3. The van der Waals surface area contributed by atoms with Crippen molar-refractivity contribution in [2.75, 3.05) is 0 Å². The molecular formula is C11H15N5O. The van der Waals surface area contributed by atoms with E-state index in [2.05, 4.69) is 15.4 Å². The normalized spacial score (nSPS) is 16.4. The predicted octanol–water partition coefficient (Wildman–Crippen LogP) is 0.599. The molecule has 0 bridgehead atoms. The topological polar surface area (TPSA) is 83.6 Å². The maximum absolute atomic E-state index is 11.7. The van der Waals surface area contributed by atoms with Crippen molar-refractivity contribution in [3.63, 3.8) is 0 Å². The minimum Gasteiger partial charge on any atom is -0.352 e. The van der Waals surface area contributed by atoms with E-state index >= 15 is 0 Å². The molecule has 6 heteroatoms. The number of amides is 1. The summed E-state index contributed by atoms with van der Waals surface area (Å²) < 4.78 is 1.39. The number of nitriles is 1. The largest absolute Gasteiger partial charge is 0.352 e. The highest BCUT2D eigenvalue weighted by Gasteiger charge is 2.16. The van der Waals surface area contributed by atoms with Gasteiger partial charge in [0.2, 0.25) is 5.91 Å². The van der Waals surface area contributed by atoms with Crippen LogP contribution in [-0.4, -0.2) is 26.7 Å². The molecule has 1 saturated carbocycles. The van der Waals surface area contributed by atoms with Crippen molar-refractivity contribution in [2.24, 2.45) is 0 Å². The Balaban J connectivity index is 1.82. The smallest absolute Gasteiger partial charge is 0.252 e. The lowest BCUT2D eigenvalue weighted by Gasteiger charge is -2.22. The molecule has 1 heterocycles. The molecule has 0 spiro atoms. The number of carbonyl (C=O) groups excluding carboxylic acids is 1. The molecule has 1 amide bonds. The monoisotopic (exact) mass is 233 g/mol. The van der Waals surface area contributed by atoms with Gasteiger partial charge in [-0.1, -0.05) is 19.3 Å². The van der Waals surface area contributed by atoms with Gasteiger partial charge in [-0.15, -0.1) is 5.10 Å². The molecule has 0 aromatic carbocycles. The van der Waals surface area contributed by atoms with E-state index in [-0.39, 0.29) is 18.3 Å². The average Bonchev–Trinajstić information content (AvgIpc) is 2.78. The zero-order valence-corrected chi connectivity index (χ0v) is 9.59. The van der Waals surface area contributed by atoms with Gasteiger partial charge in [-0.25, -0.2) is 9.67 Å². The SMILES string of the molecule is N#Cc1ncn(CC(=O)NC2CCCCC2)n1. The minimum atomic E-state index is -0.0636. The van der Waals surface area contributed by atoms with Crippen LogP contribution in [0.25, 0.3) is 0 Å². The zero-order chi connectivity index (χ0) is 12.1. The number of hydrogen-bond donors (Lipinski definition) is 1. The first-order chi connectivity index (χ1) is 8.28. The summed E-state index contributed by atoms with van der Waals surface area (Å²) in [4.78, 5) is 15.4. The summed E-state index contributed by atoms with van der Waals surface area (Å²) in [5.41, 5.74) is 0. The Morgan fingerprint density at radius 3 is 2.94 bits per heavy atom. The van der Waals surface area contributed by atoms with Crippen LogP contribution in [0.5, 0.6) is 0 Å². The van der Waals surface area contributed by atoms with E-state index in [1.54, 1.807) is 0 Å². The van der Waals surface area contributed by atoms with Crippen molar-refractivity contribution in [2.45, 2.75) is 44.7 Å². The molecule has 1 aromatic rings. The Morgan fingerprint density at radius 2 is 2.29 bits per heavy atom. The number of hydrogen-bond acceptors (Lipinski definition) is 4. The Labute approximate surface area is 99.6 Å². The number of carbonyl (C=O) groups is 1. The molecule has 0 saturated heterocycles. The van der Waals surface area contributed by atoms with Crippen molar-refractivity contribution in [3.05, 3.63) is 12.2 Å². The molecule has 6 nitrogen and oxygen atoms in total. The van der Waals surface area contributed by atoms with E-state index in [4.69, 9.17) is 5.26 Å². The summed E-state index contributed by atoms with van der Waals surface area (Å²) in [6.45, 7) is 0.130. The summed E-state index contributed by atoms with van der Waals surface area (Å²) in [6.07, 6.45) is 7.17. The van der Waals surface area contributed by atoms with Crippen LogP contribution in [0.1, 0.15) is 37.9 Å². The third-order valence-corrected chi connectivity index (χ3v) is 2.91. The standard InChI is InChI=1S/C11H15N5O/c12-6-10-13-8-16(15-10)7-11(17)14-9-4-2-1-3-5-9/h8-9H,1-5,7H2,(H,14,17). The Morgan fingerprint density at radius 1 is 1.53 bits per heavy atom. The highest BCUT2D eigenvalue weighted by atomic mass is 16.2. The van der Waals surface area contributed by atoms with Crippen LogP contribution in [0, 0.1) is 11.3 Å².